The van der Waals surface area contributed by atoms with E-state index in [0.29, 0.717) is 39.2 Å². The van der Waals surface area contributed by atoms with Gasteiger partial charge in [-0.05, 0) is 45.4 Å². The normalized spacial score (nSPS) is 27.9. The minimum Gasteiger partial charge on any atom is -0.466 e. The number of ether oxygens (including phenoxy) is 2. The van der Waals surface area contributed by atoms with Crippen LogP contribution in [-0.2, 0) is 19.1 Å². The topological polar surface area (TPSA) is 90.7 Å². The van der Waals surface area contributed by atoms with E-state index in [-0.39, 0.29) is 23.8 Å². The van der Waals surface area contributed by atoms with E-state index in [0.717, 1.165) is 25.7 Å². The second kappa shape index (κ2) is 7.92. The number of nitrogens with one attached hydrogen (secondary N) is 1. The molecule has 6 nitrogen and oxygen atoms in total. The summed E-state index contributed by atoms with van der Waals surface area (Å²) in [6.07, 6.45) is 4.59. The molecule has 3 N–H and O–H groups in total. The zero-order valence-electron chi connectivity index (χ0n) is 13.4. The number of amides is 1. The summed E-state index contributed by atoms with van der Waals surface area (Å²) in [4.78, 5) is 24.3. The van der Waals surface area contributed by atoms with E-state index < -0.39 is 5.41 Å². The molecular formula is C16H28N2O4. The number of esters is 1. The molecule has 126 valence electrons. The zero-order valence-corrected chi connectivity index (χ0v) is 13.4. The van der Waals surface area contributed by atoms with E-state index in [9.17, 15) is 9.59 Å². The smallest absolute Gasteiger partial charge is 0.308 e. The van der Waals surface area contributed by atoms with Crippen molar-refractivity contribution in [2.75, 3.05) is 26.4 Å². The van der Waals surface area contributed by atoms with E-state index in [1.165, 1.54) is 0 Å². The molecule has 6 heteroatoms. The van der Waals surface area contributed by atoms with Crippen LogP contribution in [0.1, 0.15) is 45.4 Å². The molecule has 0 radical (unpaired) electrons. The Morgan fingerprint density at radius 1 is 1.23 bits per heavy atom. The lowest BCUT2D eigenvalue weighted by atomic mass is 9.78. The first-order chi connectivity index (χ1) is 10.6. The molecule has 0 aromatic rings. The summed E-state index contributed by atoms with van der Waals surface area (Å²) in [7, 11) is 0. The molecule has 1 aliphatic carbocycles. The number of carbonyl (C=O) groups is 2. The highest BCUT2D eigenvalue weighted by molar-refractivity contribution is 5.83. The lowest BCUT2D eigenvalue weighted by molar-refractivity contribution is -0.149. The lowest BCUT2D eigenvalue weighted by Gasteiger charge is -2.37. The van der Waals surface area contributed by atoms with Crippen molar-refractivity contribution in [1.82, 2.24) is 5.32 Å². The molecule has 0 spiro atoms. The highest BCUT2D eigenvalue weighted by atomic mass is 16.5. The predicted octanol–water partition coefficient (Wildman–Crippen LogP) is 0.980. The second-order valence-electron chi connectivity index (χ2n) is 6.37. The van der Waals surface area contributed by atoms with E-state index in [1.807, 2.05) is 6.92 Å². The van der Waals surface area contributed by atoms with Crippen molar-refractivity contribution in [2.24, 2.45) is 17.1 Å². The molecule has 1 aliphatic heterocycles. The van der Waals surface area contributed by atoms with Crippen LogP contribution in [0.2, 0.25) is 0 Å². The van der Waals surface area contributed by atoms with Crippen molar-refractivity contribution in [3.63, 3.8) is 0 Å². The average molecular weight is 312 g/mol. The van der Waals surface area contributed by atoms with Crippen molar-refractivity contribution >= 4 is 11.9 Å². The maximum atomic E-state index is 12.6. The van der Waals surface area contributed by atoms with Gasteiger partial charge in [-0.3, -0.25) is 9.59 Å². The van der Waals surface area contributed by atoms with E-state index in [1.54, 1.807) is 0 Å². The van der Waals surface area contributed by atoms with Gasteiger partial charge in [0.15, 0.2) is 0 Å². The number of rotatable bonds is 5. The van der Waals surface area contributed by atoms with Crippen LogP contribution in [0.4, 0.5) is 0 Å². The molecule has 0 bridgehead atoms. The van der Waals surface area contributed by atoms with Crippen LogP contribution in [0.5, 0.6) is 0 Å². The minimum absolute atomic E-state index is 0.0142. The van der Waals surface area contributed by atoms with Crippen molar-refractivity contribution < 1.29 is 19.1 Å². The first-order valence-electron chi connectivity index (χ1n) is 8.36. The Balaban J connectivity index is 1.82. The summed E-state index contributed by atoms with van der Waals surface area (Å²) in [6.45, 7) is 3.81. The van der Waals surface area contributed by atoms with Gasteiger partial charge in [0.25, 0.3) is 0 Å². The van der Waals surface area contributed by atoms with Crippen LogP contribution in [0.3, 0.4) is 0 Å². The van der Waals surface area contributed by atoms with Crippen molar-refractivity contribution in [3.05, 3.63) is 0 Å². The fraction of sp³-hybridized carbons (Fsp3) is 0.875. The fourth-order valence-corrected chi connectivity index (χ4v) is 3.36. The van der Waals surface area contributed by atoms with Crippen molar-refractivity contribution in [3.8, 4) is 0 Å². The molecule has 2 fully saturated rings. The van der Waals surface area contributed by atoms with Crippen molar-refractivity contribution in [1.29, 1.82) is 0 Å². The van der Waals surface area contributed by atoms with E-state index in [4.69, 9.17) is 15.2 Å². The summed E-state index contributed by atoms with van der Waals surface area (Å²) in [6, 6.07) is 0.143. The maximum absolute atomic E-state index is 12.6. The van der Waals surface area contributed by atoms with Gasteiger partial charge in [0.1, 0.15) is 0 Å². The van der Waals surface area contributed by atoms with E-state index >= 15 is 0 Å². The van der Waals surface area contributed by atoms with Gasteiger partial charge >= 0.3 is 5.97 Å². The third kappa shape index (κ3) is 3.98. The van der Waals surface area contributed by atoms with Crippen LogP contribution >= 0.6 is 0 Å². The van der Waals surface area contributed by atoms with Crippen LogP contribution in [0.25, 0.3) is 0 Å². The molecule has 1 amide bonds. The summed E-state index contributed by atoms with van der Waals surface area (Å²) in [5, 5.41) is 3.15. The Hall–Kier alpha value is -1.14. The SMILES string of the molecule is CCOC(=O)C1CCC(NC(=O)C2(CN)CCOCC2)CC1. The van der Waals surface area contributed by atoms with Gasteiger partial charge in [-0.25, -0.2) is 0 Å². The molecule has 22 heavy (non-hydrogen) atoms. The third-order valence-electron chi connectivity index (χ3n) is 5.00. The Kier molecular flexibility index (Phi) is 6.20. The molecule has 1 saturated carbocycles. The monoisotopic (exact) mass is 312 g/mol. The summed E-state index contributed by atoms with van der Waals surface area (Å²) >= 11 is 0. The summed E-state index contributed by atoms with van der Waals surface area (Å²) in [5.74, 6) is -0.0623. The highest BCUT2D eigenvalue weighted by Gasteiger charge is 2.40. The van der Waals surface area contributed by atoms with E-state index in [2.05, 4.69) is 5.32 Å². The molecule has 0 aromatic heterocycles. The van der Waals surface area contributed by atoms with Gasteiger partial charge < -0.3 is 20.5 Å². The van der Waals surface area contributed by atoms with Crippen molar-refractivity contribution in [2.45, 2.75) is 51.5 Å². The molecule has 0 unspecified atom stereocenters. The number of carbonyl (C=O) groups excluding carboxylic acids is 2. The van der Waals surface area contributed by atoms with Gasteiger partial charge in [-0.1, -0.05) is 0 Å². The number of hydrogen-bond acceptors (Lipinski definition) is 5. The Bertz CT molecular complexity index is 386. The predicted molar refractivity (Wildman–Crippen MR) is 82.1 cm³/mol. The van der Waals surface area contributed by atoms with Crippen LogP contribution in [0, 0.1) is 11.3 Å². The highest BCUT2D eigenvalue weighted by Crippen LogP contribution is 2.31. The standard InChI is InChI=1S/C16H28N2O4/c1-2-22-14(19)12-3-5-13(6-4-12)18-15(20)16(11-17)7-9-21-10-8-16/h12-13H,2-11,17H2,1H3,(H,18,20). The largest absolute Gasteiger partial charge is 0.466 e. The van der Waals surface area contributed by atoms with Crippen LogP contribution in [0.15, 0.2) is 0 Å². The minimum atomic E-state index is -0.476. The summed E-state index contributed by atoms with van der Waals surface area (Å²) < 4.78 is 10.4. The summed E-state index contributed by atoms with van der Waals surface area (Å²) in [5.41, 5.74) is 5.39. The first-order valence-corrected chi connectivity index (χ1v) is 8.36. The van der Waals surface area contributed by atoms with Gasteiger partial charge in [-0.15, -0.1) is 0 Å². The first kappa shape index (κ1) is 17.2. The molecular weight excluding hydrogens is 284 g/mol. The van der Waals surface area contributed by atoms with Gasteiger partial charge in [0.05, 0.1) is 17.9 Å². The molecule has 0 aromatic carbocycles. The van der Waals surface area contributed by atoms with Gasteiger partial charge in [-0.2, -0.15) is 0 Å². The van der Waals surface area contributed by atoms with Gasteiger partial charge in [0.2, 0.25) is 5.91 Å². The molecule has 1 heterocycles. The molecule has 2 rings (SSSR count). The number of nitrogens with two attached hydrogens (primary N) is 1. The van der Waals surface area contributed by atoms with Gasteiger partial charge in [0, 0.05) is 25.8 Å². The Morgan fingerprint density at radius 2 is 1.86 bits per heavy atom. The quantitative estimate of drug-likeness (QED) is 0.739. The molecule has 2 aliphatic rings. The molecule has 0 atom stereocenters. The van der Waals surface area contributed by atoms with Crippen LogP contribution in [-0.4, -0.2) is 44.3 Å². The Morgan fingerprint density at radius 3 is 2.41 bits per heavy atom. The third-order valence-corrected chi connectivity index (χ3v) is 5.00. The fourth-order valence-electron chi connectivity index (χ4n) is 3.36. The number of hydrogen-bond donors (Lipinski definition) is 2. The second-order valence-corrected chi connectivity index (χ2v) is 6.37. The average Bonchev–Trinajstić information content (AvgIpc) is 2.56. The molecule has 1 saturated heterocycles. The maximum Gasteiger partial charge on any atom is 0.308 e. The Labute approximate surface area is 132 Å². The van der Waals surface area contributed by atoms with Crippen LogP contribution < -0.4 is 11.1 Å². The zero-order chi connectivity index (χ0) is 16.0. The lowest BCUT2D eigenvalue weighted by Crippen LogP contribution is -2.52.